The molecule has 0 radical (unpaired) electrons. The highest BCUT2D eigenvalue weighted by Crippen LogP contribution is 2.30. The van der Waals surface area contributed by atoms with E-state index in [9.17, 15) is 0 Å². The van der Waals surface area contributed by atoms with E-state index in [4.69, 9.17) is 22.2 Å². The molecule has 3 N–H and O–H groups in total. The molecule has 1 heterocycles. The molecule has 0 aliphatic heterocycles. The first-order chi connectivity index (χ1) is 9.12. The number of aromatic nitrogens is 2. The molecule has 0 atom stereocenters. The third-order valence-electron chi connectivity index (χ3n) is 2.31. The molecular formula is C12H13ClN4OS. The molecule has 1 aromatic heterocycles. The van der Waals surface area contributed by atoms with Crippen LogP contribution in [0.5, 0.6) is 11.6 Å². The van der Waals surface area contributed by atoms with Crippen LogP contribution >= 0.6 is 23.4 Å². The summed E-state index contributed by atoms with van der Waals surface area (Å²) in [5.74, 6) is 6.77. The number of aryl methyl sites for hydroxylation is 1. The maximum absolute atomic E-state index is 6.11. The summed E-state index contributed by atoms with van der Waals surface area (Å²) in [7, 11) is 0. The lowest BCUT2D eigenvalue weighted by atomic mass is 10.2. The Hall–Kier alpha value is -1.50. The van der Waals surface area contributed by atoms with Crippen LogP contribution in [0.3, 0.4) is 0 Å². The summed E-state index contributed by atoms with van der Waals surface area (Å²) >= 11 is 7.51. The number of thioether (sulfide) groups is 1. The highest BCUT2D eigenvalue weighted by molar-refractivity contribution is 7.98. The Morgan fingerprint density at radius 2 is 2.11 bits per heavy atom. The van der Waals surface area contributed by atoms with E-state index in [1.807, 2.05) is 25.3 Å². The van der Waals surface area contributed by atoms with E-state index in [1.165, 1.54) is 11.8 Å². The number of nitrogens with zero attached hydrogens (tertiary/aromatic N) is 2. The number of nitrogens with two attached hydrogens (primary N) is 1. The van der Waals surface area contributed by atoms with Crippen molar-refractivity contribution in [2.45, 2.75) is 12.1 Å². The number of nitrogens with one attached hydrogen (secondary N) is 1. The molecule has 2 aromatic rings. The van der Waals surface area contributed by atoms with Gasteiger partial charge in [-0.3, -0.25) is 0 Å². The van der Waals surface area contributed by atoms with Crippen molar-refractivity contribution in [2.75, 3.05) is 11.7 Å². The van der Waals surface area contributed by atoms with E-state index >= 15 is 0 Å². The van der Waals surface area contributed by atoms with Crippen molar-refractivity contribution in [3.8, 4) is 11.6 Å². The van der Waals surface area contributed by atoms with Crippen LogP contribution in [-0.4, -0.2) is 16.2 Å². The van der Waals surface area contributed by atoms with Gasteiger partial charge in [-0.25, -0.2) is 10.8 Å². The average molecular weight is 297 g/mol. The van der Waals surface area contributed by atoms with Crippen molar-refractivity contribution in [2.24, 2.45) is 5.84 Å². The fraction of sp³-hybridized carbons (Fsp3) is 0.167. The fourth-order valence-corrected chi connectivity index (χ4v) is 2.07. The van der Waals surface area contributed by atoms with Crippen molar-refractivity contribution >= 4 is 29.2 Å². The number of rotatable bonds is 4. The number of hydrogen-bond acceptors (Lipinski definition) is 6. The Bertz CT molecular complexity index is 572. The smallest absolute Gasteiger partial charge is 0.225 e. The number of anilines is 1. The molecule has 19 heavy (non-hydrogen) atoms. The van der Waals surface area contributed by atoms with E-state index in [0.29, 0.717) is 27.6 Å². The molecule has 0 aliphatic rings. The fourth-order valence-electron chi connectivity index (χ4n) is 1.42. The third kappa shape index (κ3) is 3.50. The van der Waals surface area contributed by atoms with E-state index in [2.05, 4.69) is 15.4 Å². The zero-order chi connectivity index (χ0) is 13.8. The summed E-state index contributed by atoms with van der Waals surface area (Å²) in [5.41, 5.74) is 3.54. The maximum Gasteiger partial charge on any atom is 0.225 e. The molecule has 0 aliphatic carbocycles. The van der Waals surface area contributed by atoms with Crippen LogP contribution in [-0.2, 0) is 0 Å². The number of nitrogen functional groups attached to an aromatic ring is 1. The first kappa shape index (κ1) is 13.9. The van der Waals surface area contributed by atoms with Crippen LogP contribution < -0.4 is 16.0 Å². The molecule has 1 aromatic carbocycles. The van der Waals surface area contributed by atoms with Gasteiger partial charge in [0.2, 0.25) is 5.88 Å². The van der Waals surface area contributed by atoms with Crippen LogP contribution in [0.15, 0.2) is 29.4 Å². The van der Waals surface area contributed by atoms with Gasteiger partial charge in [-0.1, -0.05) is 29.4 Å². The molecule has 0 amide bonds. The highest BCUT2D eigenvalue weighted by atomic mass is 35.5. The molecule has 0 bridgehead atoms. The molecule has 0 fully saturated rings. The maximum atomic E-state index is 6.11. The van der Waals surface area contributed by atoms with Gasteiger partial charge in [0.05, 0.1) is 5.02 Å². The van der Waals surface area contributed by atoms with Crippen LogP contribution in [0.2, 0.25) is 5.02 Å². The predicted molar refractivity (Wildman–Crippen MR) is 77.9 cm³/mol. The SMILES string of the molecule is CSc1nc(NN)cc(Oc2ccc(C)cc2Cl)n1. The Morgan fingerprint density at radius 3 is 2.74 bits per heavy atom. The van der Waals surface area contributed by atoms with Gasteiger partial charge in [0.15, 0.2) is 5.16 Å². The molecule has 7 heteroatoms. The molecule has 5 nitrogen and oxygen atoms in total. The van der Waals surface area contributed by atoms with Crippen molar-refractivity contribution in [1.29, 1.82) is 0 Å². The molecule has 100 valence electrons. The summed E-state index contributed by atoms with van der Waals surface area (Å²) in [6.45, 7) is 1.96. The standard InChI is InChI=1S/C12H13ClN4OS/c1-7-3-4-9(8(13)5-7)18-11-6-10(17-14)15-12(16-11)19-2/h3-6H,14H2,1-2H3,(H,15,16,17). The monoisotopic (exact) mass is 296 g/mol. The Kier molecular flexibility index (Phi) is 4.47. The van der Waals surface area contributed by atoms with Crippen molar-refractivity contribution in [1.82, 2.24) is 9.97 Å². The lowest BCUT2D eigenvalue weighted by Crippen LogP contribution is -2.09. The van der Waals surface area contributed by atoms with Gasteiger partial charge in [-0.15, -0.1) is 0 Å². The van der Waals surface area contributed by atoms with E-state index in [0.717, 1.165) is 5.56 Å². The van der Waals surface area contributed by atoms with Gasteiger partial charge < -0.3 is 10.2 Å². The third-order valence-corrected chi connectivity index (χ3v) is 3.16. The van der Waals surface area contributed by atoms with E-state index < -0.39 is 0 Å². The van der Waals surface area contributed by atoms with Gasteiger partial charge in [0.25, 0.3) is 0 Å². The highest BCUT2D eigenvalue weighted by Gasteiger charge is 2.08. The van der Waals surface area contributed by atoms with Crippen LogP contribution in [0.25, 0.3) is 0 Å². The second-order valence-electron chi connectivity index (χ2n) is 3.76. The normalized spacial score (nSPS) is 10.3. The zero-order valence-corrected chi connectivity index (χ0v) is 12.0. The number of benzene rings is 1. The van der Waals surface area contributed by atoms with Gasteiger partial charge in [-0.2, -0.15) is 4.98 Å². The predicted octanol–water partition coefficient (Wildman–Crippen LogP) is 3.24. The Balaban J connectivity index is 2.31. The van der Waals surface area contributed by atoms with Crippen LogP contribution in [0, 0.1) is 6.92 Å². The summed E-state index contributed by atoms with van der Waals surface area (Å²) in [6, 6.07) is 7.15. The average Bonchev–Trinajstić information content (AvgIpc) is 2.41. The second kappa shape index (κ2) is 6.10. The largest absolute Gasteiger partial charge is 0.437 e. The first-order valence-electron chi connectivity index (χ1n) is 5.46. The summed E-state index contributed by atoms with van der Waals surface area (Å²) in [4.78, 5) is 8.39. The molecule has 0 saturated heterocycles. The number of halogens is 1. The van der Waals surface area contributed by atoms with E-state index in [1.54, 1.807) is 12.1 Å². The Morgan fingerprint density at radius 1 is 1.32 bits per heavy atom. The Labute approximate surface area is 120 Å². The summed E-state index contributed by atoms with van der Waals surface area (Å²) < 4.78 is 5.66. The lowest BCUT2D eigenvalue weighted by Gasteiger charge is -2.09. The molecule has 0 saturated carbocycles. The molecular weight excluding hydrogens is 284 g/mol. The molecule has 0 unspecified atom stereocenters. The van der Waals surface area contributed by atoms with Gasteiger partial charge in [-0.05, 0) is 30.9 Å². The number of hydrazine groups is 1. The number of hydrogen-bond donors (Lipinski definition) is 2. The minimum absolute atomic E-state index is 0.387. The first-order valence-corrected chi connectivity index (χ1v) is 7.06. The minimum Gasteiger partial charge on any atom is -0.437 e. The molecule has 0 spiro atoms. The van der Waals surface area contributed by atoms with Gasteiger partial charge in [0, 0.05) is 6.07 Å². The summed E-state index contributed by atoms with van der Waals surface area (Å²) in [5, 5.41) is 1.10. The summed E-state index contributed by atoms with van der Waals surface area (Å²) in [6.07, 6.45) is 1.87. The van der Waals surface area contributed by atoms with Gasteiger partial charge in [0.1, 0.15) is 11.6 Å². The number of ether oxygens (including phenoxy) is 1. The van der Waals surface area contributed by atoms with Crippen LogP contribution in [0.1, 0.15) is 5.56 Å². The minimum atomic E-state index is 0.387. The van der Waals surface area contributed by atoms with E-state index in [-0.39, 0.29) is 0 Å². The van der Waals surface area contributed by atoms with Gasteiger partial charge >= 0.3 is 0 Å². The van der Waals surface area contributed by atoms with Crippen LogP contribution in [0.4, 0.5) is 5.82 Å². The topological polar surface area (TPSA) is 73.1 Å². The second-order valence-corrected chi connectivity index (χ2v) is 4.94. The molecule has 2 rings (SSSR count). The van der Waals surface area contributed by atoms with Crippen molar-refractivity contribution in [3.63, 3.8) is 0 Å². The lowest BCUT2D eigenvalue weighted by molar-refractivity contribution is 0.456. The van der Waals surface area contributed by atoms with Crippen molar-refractivity contribution in [3.05, 3.63) is 34.9 Å². The quantitative estimate of drug-likeness (QED) is 0.390. The zero-order valence-electron chi connectivity index (χ0n) is 10.5. The van der Waals surface area contributed by atoms with Crippen molar-refractivity contribution < 1.29 is 4.74 Å².